The van der Waals surface area contributed by atoms with E-state index in [9.17, 15) is 4.79 Å². The number of hydrogen-bond acceptors (Lipinski definition) is 4. The molecule has 0 atom stereocenters. The Balaban J connectivity index is 2.87. The topological polar surface area (TPSA) is 65.9 Å². The molecule has 5 heteroatoms. The summed E-state index contributed by atoms with van der Waals surface area (Å²) in [6.07, 6.45) is 0.140. The number of nitrogens with one attached hydrogen (secondary N) is 1. The van der Waals surface area contributed by atoms with Gasteiger partial charge in [0.2, 0.25) is 0 Å². The number of aromatic nitrogens is 1. The molecule has 15 heavy (non-hydrogen) atoms. The third-order valence-electron chi connectivity index (χ3n) is 1.68. The minimum absolute atomic E-state index is 0.140. The maximum Gasteiger partial charge on any atom is 0.310 e. The summed E-state index contributed by atoms with van der Waals surface area (Å²) < 4.78 is 5.23. The van der Waals surface area contributed by atoms with E-state index >= 15 is 0 Å². The predicted octanol–water partition coefficient (Wildman–Crippen LogP) is 1.72. The first-order chi connectivity index (χ1) is 7.15. The van der Waals surface area contributed by atoms with Crippen LogP contribution in [0.5, 0.6) is 0 Å². The van der Waals surface area contributed by atoms with Crippen LogP contribution in [0.3, 0.4) is 0 Å². The average molecular weight is 222 g/mol. The lowest BCUT2D eigenvalue weighted by Crippen LogP contribution is -2.07. The summed E-state index contributed by atoms with van der Waals surface area (Å²) in [5, 5.41) is 8.68. The second-order valence-corrected chi connectivity index (χ2v) is 3.30. The van der Waals surface area contributed by atoms with Gasteiger partial charge in [-0.25, -0.2) is 0 Å². The van der Waals surface area contributed by atoms with Gasteiger partial charge in [-0.1, -0.05) is 12.2 Å². The lowest BCUT2D eigenvalue weighted by Gasteiger charge is -2.02. The van der Waals surface area contributed by atoms with Crippen molar-refractivity contribution >= 4 is 18.2 Å². The van der Waals surface area contributed by atoms with Crippen LogP contribution < -0.4 is 0 Å². The zero-order valence-electron chi connectivity index (χ0n) is 8.24. The van der Waals surface area contributed by atoms with Crippen molar-refractivity contribution in [2.75, 3.05) is 6.61 Å². The van der Waals surface area contributed by atoms with Crippen molar-refractivity contribution in [3.05, 3.63) is 28.0 Å². The fourth-order valence-electron chi connectivity index (χ4n) is 1.14. The second kappa shape index (κ2) is 5.27. The van der Waals surface area contributed by atoms with Crippen LogP contribution in [0.4, 0.5) is 0 Å². The van der Waals surface area contributed by atoms with E-state index in [-0.39, 0.29) is 12.4 Å². The number of carbonyl (C=O) groups is 1. The number of ether oxygens (including phenoxy) is 1. The zero-order chi connectivity index (χ0) is 11.3. The number of hydrogen-bond donors (Lipinski definition) is 1. The molecule has 0 amide bonds. The molecule has 1 aromatic rings. The summed E-state index contributed by atoms with van der Waals surface area (Å²) in [4.78, 5) is 13.9. The van der Waals surface area contributed by atoms with Crippen molar-refractivity contribution in [1.29, 1.82) is 5.26 Å². The summed E-state index contributed by atoms with van der Waals surface area (Å²) in [5.41, 5.74) is 1.04. The molecule has 0 aliphatic rings. The molecule has 0 fully saturated rings. The van der Waals surface area contributed by atoms with Crippen LogP contribution in [0.15, 0.2) is 12.1 Å². The van der Waals surface area contributed by atoms with Crippen LogP contribution in [0.25, 0.3) is 0 Å². The maximum absolute atomic E-state index is 11.2. The summed E-state index contributed by atoms with van der Waals surface area (Å²) in [6, 6.07) is 5.18. The number of rotatable bonds is 3. The van der Waals surface area contributed by atoms with Gasteiger partial charge in [-0.15, -0.1) is 0 Å². The molecule has 0 bridgehead atoms. The van der Waals surface area contributed by atoms with Gasteiger partial charge in [-0.3, -0.25) is 4.79 Å². The average Bonchev–Trinajstić information content (AvgIpc) is 2.17. The van der Waals surface area contributed by atoms with Crippen molar-refractivity contribution in [3.8, 4) is 6.07 Å². The molecular weight excluding hydrogens is 212 g/mol. The van der Waals surface area contributed by atoms with Crippen LogP contribution in [0.2, 0.25) is 0 Å². The van der Waals surface area contributed by atoms with E-state index in [0.717, 1.165) is 0 Å². The number of esters is 1. The molecule has 0 aliphatic heterocycles. The highest BCUT2D eigenvalue weighted by Crippen LogP contribution is 2.04. The molecule has 0 saturated carbocycles. The van der Waals surface area contributed by atoms with E-state index in [1.54, 1.807) is 19.1 Å². The van der Waals surface area contributed by atoms with E-state index in [1.165, 1.54) is 0 Å². The lowest BCUT2D eigenvalue weighted by atomic mass is 10.2. The Labute approximate surface area is 92.5 Å². The molecule has 1 heterocycles. The Morgan fingerprint density at radius 2 is 2.40 bits per heavy atom. The smallest absolute Gasteiger partial charge is 0.310 e. The van der Waals surface area contributed by atoms with Gasteiger partial charge in [0.05, 0.1) is 13.0 Å². The number of H-pyrrole nitrogens is 1. The molecule has 0 spiro atoms. The van der Waals surface area contributed by atoms with Gasteiger partial charge in [-0.05, 0) is 24.6 Å². The summed E-state index contributed by atoms with van der Waals surface area (Å²) >= 11 is 4.91. The standard InChI is InChI=1S/C10H10N2O2S/c1-2-14-10(13)5-7-3-8(6-11)12-9(15)4-7/h3-4H,2,5H2,1H3,(H,12,15). The maximum atomic E-state index is 11.2. The quantitative estimate of drug-likeness (QED) is 0.624. The highest BCUT2D eigenvalue weighted by Gasteiger charge is 2.05. The van der Waals surface area contributed by atoms with Gasteiger partial charge >= 0.3 is 5.97 Å². The van der Waals surface area contributed by atoms with Gasteiger partial charge in [-0.2, -0.15) is 5.26 Å². The van der Waals surface area contributed by atoms with Crippen molar-refractivity contribution in [1.82, 2.24) is 4.98 Å². The Morgan fingerprint density at radius 3 is 3.00 bits per heavy atom. The van der Waals surface area contributed by atoms with Gasteiger partial charge < -0.3 is 9.72 Å². The van der Waals surface area contributed by atoms with E-state index in [4.69, 9.17) is 22.2 Å². The zero-order valence-corrected chi connectivity index (χ0v) is 9.06. The number of nitrogens with zero attached hydrogens (tertiary/aromatic N) is 1. The minimum Gasteiger partial charge on any atom is -0.466 e. The fraction of sp³-hybridized carbons (Fsp3) is 0.300. The molecule has 1 aromatic heterocycles. The van der Waals surface area contributed by atoms with Crippen molar-refractivity contribution in [2.24, 2.45) is 0 Å². The first kappa shape index (κ1) is 11.4. The van der Waals surface area contributed by atoms with Gasteiger partial charge in [0.1, 0.15) is 16.4 Å². The van der Waals surface area contributed by atoms with E-state index in [1.807, 2.05) is 6.07 Å². The first-order valence-corrected chi connectivity index (χ1v) is 4.85. The van der Waals surface area contributed by atoms with E-state index in [0.29, 0.717) is 22.5 Å². The minimum atomic E-state index is -0.318. The first-order valence-electron chi connectivity index (χ1n) is 4.44. The second-order valence-electron chi connectivity index (χ2n) is 2.86. The summed E-state index contributed by atoms with van der Waals surface area (Å²) in [7, 11) is 0. The largest absolute Gasteiger partial charge is 0.466 e. The highest BCUT2D eigenvalue weighted by atomic mass is 32.1. The van der Waals surface area contributed by atoms with Crippen LogP contribution >= 0.6 is 12.2 Å². The third-order valence-corrected chi connectivity index (χ3v) is 1.90. The van der Waals surface area contributed by atoms with Crippen LogP contribution in [0, 0.1) is 16.0 Å². The normalized spacial score (nSPS) is 9.33. The monoisotopic (exact) mass is 222 g/mol. The summed E-state index contributed by atoms with van der Waals surface area (Å²) in [6.45, 7) is 2.10. The van der Waals surface area contributed by atoms with Crippen molar-refractivity contribution < 1.29 is 9.53 Å². The molecule has 0 aromatic carbocycles. The molecular formula is C10H10N2O2S. The van der Waals surface area contributed by atoms with Gasteiger partial charge in [0.25, 0.3) is 0 Å². The number of aromatic amines is 1. The Morgan fingerprint density at radius 1 is 1.67 bits per heavy atom. The molecule has 78 valence electrons. The molecule has 1 rings (SSSR count). The highest BCUT2D eigenvalue weighted by molar-refractivity contribution is 7.71. The lowest BCUT2D eigenvalue weighted by molar-refractivity contribution is -0.142. The van der Waals surface area contributed by atoms with Crippen LogP contribution in [0.1, 0.15) is 18.2 Å². The SMILES string of the molecule is CCOC(=O)Cc1cc(C#N)[nH]c(=S)c1. The summed E-state index contributed by atoms with van der Waals surface area (Å²) in [5.74, 6) is -0.318. The van der Waals surface area contributed by atoms with Crippen LogP contribution in [-0.2, 0) is 16.0 Å². The van der Waals surface area contributed by atoms with Crippen molar-refractivity contribution in [3.63, 3.8) is 0 Å². The predicted molar refractivity (Wildman–Crippen MR) is 56.7 cm³/mol. The fourth-order valence-corrected chi connectivity index (χ4v) is 1.40. The van der Waals surface area contributed by atoms with Crippen LogP contribution in [-0.4, -0.2) is 17.6 Å². The van der Waals surface area contributed by atoms with E-state index in [2.05, 4.69) is 4.98 Å². The molecule has 0 radical (unpaired) electrons. The van der Waals surface area contributed by atoms with E-state index < -0.39 is 0 Å². The molecule has 0 aliphatic carbocycles. The molecule has 1 N–H and O–H groups in total. The molecule has 4 nitrogen and oxygen atoms in total. The number of carbonyl (C=O) groups excluding carboxylic acids is 1. The van der Waals surface area contributed by atoms with Crippen molar-refractivity contribution in [2.45, 2.75) is 13.3 Å². The van der Waals surface area contributed by atoms with Gasteiger partial charge in [0, 0.05) is 0 Å². The molecule has 0 saturated heterocycles. The number of nitriles is 1. The van der Waals surface area contributed by atoms with Gasteiger partial charge in [0.15, 0.2) is 0 Å². The molecule has 0 unspecified atom stereocenters. The Bertz CT molecular complexity index is 459. The number of pyridine rings is 1. The Kier molecular flexibility index (Phi) is 4.01. The Hall–Kier alpha value is -1.67. The third kappa shape index (κ3) is 3.52.